The molecule has 1 atom stereocenters. The number of rotatable bonds is 4. The minimum Gasteiger partial charge on any atom is -0.379 e. The molecule has 0 aliphatic carbocycles. The molecule has 1 aliphatic heterocycles. The van der Waals surface area contributed by atoms with Gasteiger partial charge < -0.3 is 10.5 Å². The fourth-order valence-electron chi connectivity index (χ4n) is 1.99. The monoisotopic (exact) mass is 186 g/mol. The zero-order valence-corrected chi connectivity index (χ0v) is 9.05. The van der Waals surface area contributed by atoms with Crippen molar-refractivity contribution >= 4 is 0 Å². The summed E-state index contributed by atoms with van der Waals surface area (Å²) in [5.41, 5.74) is 5.94. The van der Waals surface area contributed by atoms with Crippen LogP contribution in [0.4, 0.5) is 0 Å². The number of nitrogens with zero attached hydrogens (tertiary/aromatic N) is 1. The summed E-state index contributed by atoms with van der Waals surface area (Å²) < 4.78 is 5.29. The molecule has 2 N–H and O–H groups in total. The van der Waals surface area contributed by atoms with Gasteiger partial charge in [0.1, 0.15) is 0 Å². The van der Waals surface area contributed by atoms with Crippen LogP contribution in [0, 0.1) is 0 Å². The van der Waals surface area contributed by atoms with Crippen LogP contribution >= 0.6 is 0 Å². The molecular weight excluding hydrogens is 164 g/mol. The minimum absolute atomic E-state index is 0.192. The van der Waals surface area contributed by atoms with Crippen molar-refractivity contribution in [2.75, 3.05) is 26.7 Å². The van der Waals surface area contributed by atoms with E-state index < -0.39 is 0 Å². The van der Waals surface area contributed by atoms with Gasteiger partial charge in [-0.1, -0.05) is 0 Å². The fraction of sp³-hybridized carbons (Fsp3) is 1.00. The molecule has 1 fully saturated rings. The molecule has 0 radical (unpaired) electrons. The Morgan fingerprint density at radius 2 is 2.23 bits per heavy atom. The molecule has 0 aromatic rings. The van der Waals surface area contributed by atoms with Gasteiger partial charge in [0.05, 0.1) is 6.10 Å². The second-order valence-corrected chi connectivity index (χ2v) is 4.46. The molecule has 3 nitrogen and oxygen atoms in total. The van der Waals surface area contributed by atoms with Crippen LogP contribution in [0.2, 0.25) is 0 Å². The van der Waals surface area contributed by atoms with Crippen LogP contribution in [0.15, 0.2) is 0 Å². The summed E-state index contributed by atoms with van der Waals surface area (Å²) in [6, 6.07) is 0. The number of nitrogens with two attached hydrogens (primary N) is 1. The summed E-state index contributed by atoms with van der Waals surface area (Å²) in [7, 11) is 1.74. The summed E-state index contributed by atoms with van der Waals surface area (Å²) in [4.78, 5) is 2.48. The lowest BCUT2D eigenvalue weighted by Gasteiger charge is -2.33. The smallest absolute Gasteiger partial charge is 0.0820 e. The van der Waals surface area contributed by atoms with Crippen LogP contribution in [0.25, 0.3) is 0 Å². The average Bonchev–Trinajstić information content (AvgIpc) is 2.41. The van der Waals surface area contributed by atoms with Crippen LogP contribution in [0.5, 0.6) is 0 Å². The van der Waals surface area contributed by atoms with E-state index in [0.29, 0.717) is 12.1 Å². The third-order valence-electron chi connectivity index (χ3n) is 3.09. The van der Waals surface area contributed by atoms with Gasteiger partial charge >= 0.3 is 0 Å². The lowest BCUT2D eigenvalue weighted by atomic mass is 10.0. The topological polar surface area (TPSA) is 38.5 Å². The van der Waals surface area contributed by atoms with Crippen molar-refractivity contribution in [3.63, 3.8) is 0 Å². The Bertz CT molecular complexity index is 155. The second kappa shape index (κ2) is 4.40. The highest BCUT2D eigenvalue weighted by atomic mass is 16.5. The molecule has 1 aliphatic rings. The molecule has 0 spiro atoms. The highest BCUT2D eigenvalue weighted by Gasteiger charge is 2.32. The van der Waals surface area contributed by atoms with Gasteiger partial charge in [-0.2, -0.15) is 0 Å². The quantitative estimate of drug-likeness (QED) is 0.707. The maximum Gasteiger partial charge on any atom is 0.0820 e. The van der Waals surface area contributed by atoms with Crippen LogP contribution < -0.4 is 5.73 Å². The minimum atomic E-state index is 0.192. The van der Waals surface area contributed by atoms with Crippen molar-refractivity contribution in [1.82, 2.24) is 4.90 Å². The van der Waals surface area contributed by atoms with Gasteiger partial charge in [0.15, 0.2) is 0 Å². The first kappa shape index (κ1) is 11.0. The van der Waals surface area contributed by atoms with E-state index in [4.69, 9.17) is 10.5 Å². The maximum absolute atomic E-state index is 5.60. The summed E-state index contributed by atoms with van der Waals surface area (Å²) in [5.74, 6) is 0. The Balaban J connectivity index is 2.43. The first-order valence-corrected chi connectivity index (χ1v) is 5.08. The first-order valence-electron chi connectivity index (χ1n) is 5.08. The van der Waals surface area contributed by atoms with E-state index in [-0.39, 0.29) is 6.10 Å². The lowest BCUT2D eigenvalue weighted by Crippen LogP contribution is -2.45. The molecule has 1 saturated heterocycles. The standard InChI is InChI=1S/C10H22N2O/c1-10(2)5-4-6-12(10)8-9(7-11)13-3/h9H,4-8,11H2,1-3H3. The Morgan fingerprint density at radius 1 is 1.54 bits per heavy atom. The van der Waals surface area contributed by atoms with Crippen molar-refractivity contribution in [2.24, 2.45) is 5.73 Å². The van der Waals surface area contributed by atoms with E-state index in [0.717, 1.165) is 6.54 Å². The maximum atomic E-state index is 5.60. The largest absolute Gasteiger partial charge is 0.379 e. The van der Waals surface area contributed by atoms with Crippen LogP contribution in [-0.4, -0.2) is 43.3 Å². The third-order valence-corrected chi connectivity index (χ3v) is 3.09. The molecule has 0 bridgehead atoms. The van der Waals surface area contributed by atoms with Crippen molar-refractivity contribution in [1.29, 1.82) is 0 Å². The lowest BCUT2D eigenvalue weighted by molar-refractivity contribution is 0.0479. The molecule has 1 unspecified atom stereocenters. The Kier molecular flexibility index (Phi) is 3.71. The van der Waals surface area contributed by atoms with E-state index in [1.165, 1.54) is 19.4 Å². The first-order chi connectivity index (χ1) is 6.10. The summed E-state index contributed by atoms with van der Waals surface area (Å²) in [6.07, 6.45) is 2.78. The highest BCUT2D eigenvalue weighted by Crippen LogP contribution is 2.28. The number of ether oxygens (including phenoxy) is 1. The summed E-state index contributed by atoms with van der Waals surface area (Å²) in [5, 5.41) is 0. The third kappa shape index (κ3) is 2.66. The van der Waals surface area contributed by atoms with Crippen molar-refractivity contribution in [2.45, 2.75) is 38.3 Å². The van der Waals surface area contributed by atoms with Crippen molar-refractivity contribution in [3.05, 3.63) is 0 Å². The van der Waals surface area contributed by atoms with Gasteiger partial charge in [-0.05, 0) is 33.2 Å². The zero-order chi connectivity index (χ0) is 9.90. The molecule has 0 amide bonds. The fourth-order valence-corrected chi connectivity index (χ4v) is 1.99. The number of hydrogen-bond donors (Lipinski definition) is 1. The Hall–Kier alpha value is -0.120. The normalized spacial score (nSPS) is 24.9. The van der Waals surface area contributed by atoms with E-state index in [9.17, 15) is 0 Å². The SMILES string of the molecule is COC(CN)CN1CCCC1(C)C. The predicted octanol–water partition coefficient (Wildman–Crippen LogP) is 0.834. The number of likely N-dealkylation sites (tertiary alicyclic amines) is 1. The summed E-state index contributed by atoms with van der Waals surface area (Å²) in [6.45, 7) is 7.36. The van der Waals surface area contributed by atoms with E-state index in [2.05, 4.69) is 18.7 Å². The van der Waals surface area contributed by atoms with Crippen molar-refractivity contribution in [3.8, 4) is 0 Å². The van der Waals surface area contributed by atoms with E-state index >= 15 is 0 Å². The zero-order valence-electron chi connectivity index (χ0n) is 9.05. The Morgan fingerprint density at radius 3 is 2.62 bits per heavy atom. The van der Waals surface area contributed by atoms with Gasteiger partial charge in [0.25, 0.3) is 0 Å². The van der Waals surface area contributed by atoms with Gasteiger partial charge in [0.2, 0.25) is 0 Å². The van der Waals surface area contributed by atoms with E-state index in [1.807, 2.05) is 0 Å². The summed E-state index contributed by atoms with van der Waals surface area (Å²) >= 11 is 0. The molecule has 3 heteroatoms. The predicted molar refractivity (Wildman–Crippen MR) is 54.7 cm³/mol. The van der Waals surface area contributed by atoms with Gasteiger partial charge in [0, 0.05) is 25.7 Å². The molecule has 1 rings (SSSR count). The van der Waals surface area contributed by atoms with Gasteiger partial charge in [-0.15, -0.1) is 0 Å². The second-order valence-electron chi connectivity index (χ2n) is 4.46. The molecule has 0 saturated carbocycles. The van der Waals surface area contributed by atoms with Gasteiger partial charge in [-0.3, -0.25) is 4.90 Å². The van der Waals surface area contributed by atoms with Crippen LogP contribution in [0.1, 0.15) is 26.7 Å². The molecule has 1 heterocycles. The molecule has 0 aromatic carbocycles. The van der Waals surface area contributed by atoms with Crippen molar-refractivity contribution < 1.29 is 4.74 Å². The molecule has 13 heavy (non-hydrogen) atoms. The van der Waals surface area contributed by atoms with Gasteiger partial charge in [-0.25, -0.2) is 0 Å². The number of hydrogen-bond acceptors (Lipinski definition) is 3. The highest BCUT2D eigenvalue weighted by molar-refractivity contribution is 4.89. The average molecular weight is 186 g/mol. The molecular formula is C10H22N2O. The van der Waals surface area contributed by atoms with Crippen LogP contribution in [-0.2, 0) is 4.74 Å². The van der Waals surface area contributed by atoms with E-state index in [1.54, 1.807) is 7.11 Å². The Labute approximate surface area is 81.2 Å². The number of methoxy groups -OCH3 is 1. The molecule has 0 aromatic heterocycles. The molecule has 78 valence electrons. The van der Waals surface area contributed by atoms with Crippen LogP contribution in [0.3, 0.4) is 0 Å².